The number of nitrogens with two attached hydrogens (primary N) is 1. The Bertz CT molecular complexity index is 1390. The molecule has 0 aromatic carbocycles. The van der Waals surface area contributed by atoms with Crippen molar-refractivity contribution in [1.29, 1.82) is 0 Å². The predicted molar refractivity (Wildman–Crippen MR) is 272 cm³/mol. The number of aliphatic carboxylic acids is 1. The number of carboxylic acid groups (broad SMARTS) is 1. The van der Waals surface area contributed by atoms with Gasteiger partial charge in [0.2, 0.25) is 0 Å². The number of carboxylic acids is 1. The van der Waals surface area contributed by atoms with Crippen LogP contribution in [-0.2, 0) is 37.5 Å². The number of ether oxygens (including phenoxy) is 2. The normalized spacial score (nSPS) is 14.1. The number of hydrogen-bond acceptors (Lipinski definition) is 9. The standard InChI is InChI=1S/C54H94NO10P/c1-3-5-7-9-11-13-15-17-19-21-23-24-25-26-28-30-32-34-36-38-40-42-44-46-53(57)65-50(48-63-66(60,61)64-49-51(55)54(58)59)47-62-52(56)45-43-41-39-37-35-33-31-29-27-22-20-18-16-14-12-10-8-6-4-2/h6,8,12,14,18,20,27,29,33,35,39,41,50-51H,3-5,7,9-11,13,15-17,19,21-26,28,30-32,34,36-38,40,42-49,55H2,1-2H3,(H,58,59)(H,60,61)/b8-6+,14-12+,20-18+,29-27+,35-33+,41-39+/t50-,51+/m1/s1. The quantitative estimate of drug-likeness (QED) is 0.0229. The first-order valence-electron chi connectivity index (χ1n) is 26.0. The summed E-state index contributed by atoms with van der Waals surface area (Å²) in [7, 11) is -4.74. The number of carbonyl (C=O) groups is 3. The lowest BCUT2D eigenvalue weighted by atomic mass is 10.0. The van der Waals surface area contributed by atoms with Gasteiger partial charge in [-0.15, -0.1) is 0 Å². The van der Waals surface area contributed by atoms with Crippen LogP contribution >= 0.6 is 7.82 Å². The maximum absolute atomic E-state index is 12.7. The summed E-state index contributed by atoms with van der Waals surface area (Å²) in [4.78, 5) is 46.2. The van der Waals surface area contributed by atoms with Gasteiger partial charge >= 0.3 is 25.7 Å². The fourth-order valence-corrected chi connectivity index (χ4v) is 7.75. The molecule has 0 aromatic rings. The number of rotatable bonds is 48. The molecular formula is C54H94NO10P. The van der Waals surface area contributed by atoms with Crippen LogP contribution in [0.25, 0.3) is 0 Å². The second-order valence-electron chi connectivity index (χ2n) is 17.3. The smallest absolute Gasteiger partial charge is 0.472 e. The van der Waals surface area contributed by atoms with Gasteiger partial charge in [0.1, 0.15) is 12.6 Å². The maximum atomic E-state index is 12.7. The Hall–Kier alpha value is -3.08. The molecule has 3 atom stereocenters. The summed E-state index contributed by atoms with van der Waals surface area (Å²) in [5, 5.41) is 8.92. The van der Waals surface area contributed by atoms with E-state index in [0.717, 1.165) is 57.8 Å². The number of esters is 2. The van der Waals surface area contributed by atoms with Gasteiger partial charge < -0.3 is 25.2 Å². The van der Waals surface area contributed by atoms with E-state index in [9.17, 15) is 23.8 Å². The molecule has 380 valence electrons. The number of phosphoric ester groups is 1. The molecule has 12 heteroatoms. The van der Waals surface area contributed by atoms with Crippen LogP contribution in [0.5, 0.6) is 0 Å². The first-order chi connectivity index (χ1) is 32.1. The van der Waals surface area contributed by atoms with Crippen molar-refractivity contribution >= 4 is 25.7 Å². The van der Waals surface area contributed by atoms with Gasteiger partial charge in [-0.1, -0.05) is 228 Å². The van der Waals surface area contributed by atoms with E-state index in [1.165, 1.54) is 122 Å². The van der Waals surface area contributed by atoms with Gasteiger partial charge in [0.25, 0.3) is 0 Å². The highest BCUT2D eigenvalue weighted by Crippen LogP contribution is 2.43. The molecule has 0 heterocycles. The summed E-state index contributed by atoms with van der Waals surface area (Å²) in [6, 6.07) is -1.53. The van der Waals surface area contributed by atoms with E-state index in [0.29, 0.717) is 12.8 Å². The molecule has 0 amide bonds. The van der Waals surface area contributed by atoms with Gasteiger partial charge in [0.05, 0.1) is 13.2 Å². The van der Waals surface area contributed by atoms with E-state index in [2.05, 4.69) is 79.1 Å². The Morgan fingerprint density at radius 2 is 0.848 bits per heavy atom. The lowest BCUT2D eigenvalue weighted by Crippen LogP contribution is -2.34. The van der Waals surface area contributed by atoms with E-state index >= 15 is 0 Å². The number of phosphoric acid groups is 1. The van der Waals surface area contributed by atoms with Gasteiger partial charge in [-0.3, -0.25) is 23.4 Å². The minimum atomic E-state index is -4.74. The molecule has 0 bridgehead atoms. The van der Waals surface area contributed by atoms with Crippen LogP contribution in [0.4, 0.5) is 0 Å². The van der Waals surface area contributed by atoms with Crippen molar-refractivity contribution in [3.8, 4) is 0 Å². The number of carbonyl (C=O) groups excluding carboxylic acids is 2. The van der Waals surface area contributed by atoms with Gasteiger partial charge in [-0.05, 0) is 51.4 Å². The van der Waals surface area contributed by atoms with E-state index in [4.69, 9.17) is 24.8 Å². The summed E-state index contributed by atoms with van der Waals surface area (Å²) in [5.41, 5.74) is 5.35. The molecular weight excluding hydrogens is 854 g/mol. The van der Waals surface area contributed by atoms with Crippen molar-refractivity contribution in [2.45, 2.75) is 231 Å². The first kappa shape index (κ1) is 62.9. The van der Waals surface area contributed by atoms with E-state index in [1.807, 2.05) is 12.2 Å². The summed E-state index contributed by atoms with van der Waals surface area (Å²) in [6.07, 6.45) is 59.9. The zero-order valence-corrected chi connectivity index (χ0v) is 42.4. The Balaban J connectivity index is 4.31. The highest BCUT2D eigenvalue weighted by atomic mass is 31.2. The van der Waals surface area contributed by atoms with E-state index < -0.39 is 51.1 Å². The van der Waals surface area contributed by atoms with Crippen molar-refractivity contribution in [2.24, 2.45) is 5.73 Å². The van der Waals surface area contributed by atoms with Gasteiger partial charge in [-0.2, -0.15) is 0 Å². The van der Waals surface area contributed by atoms with Gasteiger partial charge in [0.15, 0.2) is 6.10 Å². The Morgan fingerprint density at radius 3 is 1.24 bits per heavy atom. The van der Waals surface area contributed by atoms with Gasteiger partial charge in [0, 0.05) is 12.8 Å². The lowest BCUT2D eigenvalue weighted by Gasteiger charge is -2.20. The summed E-state index contributed by atoms with van der Waals surface area (Å²) >= 11 is 0. The fraction of sp³-hybridized carbons (Fsp3) is 0.722. The minimum absolute atomic E-state index is 0.0951. The topological polar surface area (TPSA) is 172 Å². The van der Waals surface area contributed by atoms with Gasteiger partial charge in [-0.25, -0.2) is 4.57 Å². The average molecular weight is 948 g/mol. The molecule has 0 rings (SSSR count). The second kappa shape index (κ2) is 48.4. The summed E-state index contributed by atoms with van der Waals surface area (Å²) in [6.45, 7) is 2.65. The van der Waals surface area contributed by atoms with E-state index in [1.54, 1.807) is 0 Å². The van der Waals surface area contributed by atoms with Crippen molar-refractivity contribution < 1.29 is 47.5 Å². The van der Waals surface area contributed by atoms with Crippen LogP contribution in [-0.4, -0.2) is 59.9 Å². The molecule has 0 aromatic heterocycles. The van der Waals surface area contributed by atoms with Crippen molar-refractivity contribution in [1.82, 2.24) is 0 Å². The molecule has 66 heavy (non-hydrogen) atoms. The monoisotopic (exact) mass is 948 g/mol. The van der Waals surface area contributed by atoms with Crippen molar-refractivity contribution in [3.05, 3.63) is 72.9 Å². The highest BCUT2D eigenvalue weighted by Gasteiger charge is 2.28. The van der Waals surface area contributed by atoms with Crippen LogP contribution in [0.3, 0.4) is 0 Å². The maximum Gasteiger partial charge on any atom is 0.472 e. The SMILES string of the molecule is CC/C=C/C/C=C/C/C=C/C/C=C/C/C=C/C/C=C/CCC(=O)OC[C@H](COP(=O)(O)OC[C@H](N)C(=O)O)OC(=O)CCCCCCCCCCCCCCCCCCCCCCCCC. The molecule has 11 nitrogen and oxygen atoms in total. The predicted octanol–water partition coefficient (Wildman–Crippen LogP) is 14.8. The average Bonchev–Trinajstić information content (AvgIpc) is 3.30. The molecule has 0 fully saturated rings. The van der Waals surface area contributed by atoms with Crippen molar-refractivity contribution in [3.63, 3.8) is 0 Å². The van der Waals surface area contributed by atoms with Crippen LogP contribution in [0.2, 0.25) is 0 Å². The zero-order valence-electron chi connectivity index (χ0n) is 41.5. The molecule has 0 aliphatic heterocycles. The Kier molecular flexibility index (Phi) is 46.1. The van der Waals surface area contributed by atoms with Crippen LogP contribution in [0.15, 0.2) is 72.9 Å². The third-order valence-electron chi connectivity index (χ3n) is 11.0. The van der Waals surface area contributed by atoms with Crippen LogP contribution < -0.4 is 5.73 Å². The molecule has 0 aliphatic rings. The minimum Gasteiger partial charge on any atom is -0.480 e. The molecule has 1 unspecified atom stereocenters. The Labute approximate surface area is 401 Å². The number of allylic oxidation sites excluding steroid dienone is 12. The molecule has 0 aliphatic carbocycles. The molecule has 0 saturated heterocycles. The van der Waals surface area contributed by atoms with Crippen LogP contribution in [0.1, 0.15) is 219 Å². The van der Waals surface area contributed by atoms with Crippen LogP contribution in [0, 0.1) is 0 Å². The zero-order chi connectivity index (χ0) is 48.4. The lowest BCUT2D eigenvalue weighted by molar-refractivity contribution is -0.161. The number of hydrogen-bond donors (Lipinski definition) is 3. The van der Waals surface area contributed by atoms with E-state index in [-0.39, 0.29) is 19.4 Å². The molecule has 0 saturated carbocycles. The number of unbranched alkanes of at least 4 members (excludes halogenated alkanes) is 22. The fourth-order valence-electron chi connectivity index (χ4n) is 6.98. The summed E-state index contributed by atoms with van der Waals surface area (Å²) < 4.78 is 32.8. The third-order valence-corrected chi connectivity index (χ3v) is 11.9. The second-order valence-corrected chi connectivity index (χ2v) is 18.7. The highest BCUT2D eigenvalue weighted by molar-refractivity contribution is 7.47. The first-order valence-corrected chi connectivity index (χ1v) is 27.5. The molecule has 0 spiro atoms. The Morgan fingerprint density at radius 1 is 0.485 bits per heavy atom. The third kappa shape index (κ3) is 47.4. The largest absolute Gasteiger partial charge is 0.480 e. The molecule has 4 N–H and O–H groups in total. The van der Waals surface area contributed by atoms with Crippen molar-refractivity contribution in [2.75, 3.05) is 19.8 Å². The summed E-state index contributed by atoms with van der Waals surface area (Å²) in [5.74, 6) is -2.48. The molecule has 0 radical (unpaired) electrons.